The van der Waals surface area contributed by atoms with Crippen molar-refractivity contribution in [3.63, 3.8) is 0 Å². The van der Waals surface area contributed by atoms with E-state index in [0.29, 0.717) is 0 Å². The van der Waals surface area contributed by atoms with Gasteiger partial charge in [0.2, 0.25) is 0 Å². The molecule has 0 aromatic rings. The van der Waals surface area contributed by atoms with Crippen molar-refractivity contribution in [2.45, 2.75) is 0 Å². The van der Waals surface area contributed by atoms with Crippen molar-refractivity contribution in [3.8, 4) is 0 Å². The van der Waals surface area contributed by atoms with E-state index in [1.807, 2.05) is 0 Å². The van der Waals surface area contributed by atoms with Crippen LogP contribution < -0.4 is 17.3 Å². The summed E-state index contributed by atoms with van der Waals surface area (Å²) in [5.74, 6) is 0. The van der Waals surface area contributed by atoms with Crippen LogP contribution in [0, 0.1) is 0 Å². The van der Waals surface area contributed by atoms with Gasteiger partial charge in [0.25, 0.3) is 0 Å². The Hall–Kier alpha value is -0.530. The molecule has 0 amide bonds. The summed E-state index contributed by atoms with van der Waals surface area (Å²) < 4.78 is 0. The van der Waals surface area contributed by atoms with E-state index < -0.39 is 0 Å². The summed E-state index contributed by atoms with van der Waals surface area (Å²) in [4.78, 5) is 0.972. The van der Waals surface area contributed by atoms with Gasteiger partial charge >= 0.3 is 0 Å². The minimum atomic E-state index is 0. The zero-order chi connectivity index (χ0) is 5.70. The van der Waals surface area contributed by atoms with E-state index in [-0.39, 0.29) is 12.4 Å². The van der Waals surface area contributed by atoms with Crippen LogP contribution in [-0.4, -0.2) is 0 Å². The molecule has 0 aromatic carbocycles. The van der Waals surface area contributed by atoms with Crippen molar-refractivity contribution in [2.24, 2.45) is 0 Å². The molecule has 0 aliphatic rings. The molecule has 0 saturated heterocycles. The highest BCUT2D eigenvalue weighted by Gasteiger charge is 1.82. The first-order valence-electron chi connectivity index (χ1n) is 2.09. The minimum Gasteiger partial charge on any atom is -1.00 e. The Kier molecular flexibility index (Phi) is 8.45. The average molecular weight is 132 g/mol. The fraction of sp³-hybridized carbons (Fsp3) is 0. The Bertz CT molecular complexity index is 69.5. The standard InChI is InChI=1S/C6H9N.ClH/c1-4-7(5-2)6-3;/h4-6H,1-3H2;1H. The zero-order valence-electron chi connectivity index (χ0n) is 4.73. The molecule has 0 fully saturated rings. The van der Waals surface area contributed by atoms with Crippen molar-refractivity contribution >= 4 is 0 Å². The SMILES string of the molecule is C=C[NH+](C=C)C=C.[Cl-]. The average Bonchev–Trinajstić information content (AvgIpc) is 1.72. The predicted molar refractivity (Wildman–Crippen MR) is 31.6 cm³/mol. The normalized spacial score (nSPS) is 7.12. The van der Waals surface area contributed by atoms with Crippen LogP contribution >= 0.6 is 0 Å². The number of hydrogen-bond acceptors (Lipinski definition) is 0. The number of halogens is 1. The Morgan fingerprint density at radius 3 is 1.12 bits per heavy atom. The van der Waals surface area contributed by atoms with Crippen LogP contribution in [0.5, 0.6) is 0 Å². The monoisotopic (exact) mass is 131 g/mol. The summed E-state index contributed by atoms with van der Waals surface area (Å²) in [5, 5.41) is 0. The maximum absolute atomic E-state index is 3.52. The van der Waals surface area contributed by atoms with Gasteiger partial charge in [-0.2, -0.15) is 0 Å². The van der Waals surface area contributed by atoms with E-state index in [0.717, 1.165) is 4.90 Å². The van der Waals surface area contributed by atoms with E-state index in [2.05, 4.69) is 19.7 Å². The first-order chi connectivity index (χ1) is 3.35. The molecule has 0 saturated carbocycles. The van der Waals surface area contributed by atoms with E-state index >= 15 is 0 Å². The van der Waals surface area contributed by atoms with Gasteiger partial charge in [-0.15, -0.1) is 0 Å². The number of nitrogens with one attached hydrogen (secondary N) is 1. The highest BCUT2D eigenvalue weighted by molar-refractivity contribution is 4.62. The molecule has 0 heterocycles. The van der Waals surface area contributed by atoms with Crippen LogP contribution in [0.3, 0.4) is 0 Å². The van der Waals surface area contributed by atoms with E-state index in [1.165, 1.54) is 0 Å². The Balaban J connectivity index is 0. The Morgan fingerprint density at radius 1 is 0.875 bits per heavy atom. The Morgan fingerprint density at radius 2 is 1.12 bits per heavy atom. The molecule has 0 aliphatic carbocycles. The first-order valence-corrected chi connectivity index (χ1v) is 2.09. The van der Waals surface area contributed by atoms with Crippen LogP contribution in [0.15, 0.2) is 38.3 Å². The highest BCUT2D eigenvalue weighted by atomic mass is 35.5. The summed E-state index contributed by atoms with van der Waals surface area (Å²) in [7, 11) is 0. The molecule has 0 spiro atoms. The van der Waals surface area contributed by atoms with Gasteiger partial charge < -0.3 is 12.4 Å². The van der Waals surface area contributed by atoms with Gasteiger partial charge in [0.15, 0.2) is 0 Å². The van der Waals surface area contributed by atoms with Gasteiger partial charge in [-0.25, -0.2) is 0 Å². The zero-order valence-corrected chi connectivity index (χ0v) is 5.49. The molecule has 0 atom stereocenters. The molecule has 1 nitrogen and oxygen atoms in total. The second kappa shape index (κ2) is 6.47. The van der Waals surface area contributed by atoms with Crippen LogP contribution in [0.25, 0.3) is 0 Å². The molecule has 0 rings (SSSR count). The van der Waals surface area contributed by atoms with Crippen molar-refractivity contribution < 1.29 is 17.3 Å². The third-order valence-electron chi connectivity index (χ3n) is 0.707. The second-order valence-electron chi connectivity index (χ2n) is 1.11. The van der Waals surface area contributed by atoms with E-state index in [1.54, 1.807) is 18.6 Å². The first kappa shape index (κ1) is 10.5. The Labute approximate surface area is 56.4 Å². The maximum Gasteiger partial charge on any atom is 0.0961 e. The molecule has 0 aromatic heterocycles. The number of hydrogen-bond donors (Lipinski definition) is 1. The summed E-state index contributed by atoms with van der Waals surface area (Å²) >= 11 is 0. The van der Waals surface area contributed by atoms with Gasteiger partial charge in [0.1, 0.15) is 0 Å². The summed E-state index contributed by atoms with van der Waals surface area (Å²) in [6.07, 6.45) is 5.12. The van der Waals surface area contributed by atoms with E-state index in [4.69, 9.17) is 0 Å². The third-order valence-corrected chi connectivity index (χ3v) is 0.707. The van der Waals surface area contributed by atoms with Crippen molar-refractivity contribution in [2.75, 3.05) is 0 Å². The minimum absolute atomic E-state index is 0. The van der Waals surface area contributed by atoms with Crippen LogP contribution in [0.4, 0.5) is 0 Å². The van der Waals surface area contributed by atoms with Gasteiger partial charge in [-0.05, 0) is 19.7 Å². The third kappa shape index (κ3) is 3.65. The summed E-state index contributed by atoms with van der Waals surface area (Å²) in [5.41, 5.74) is 0. The topological polar surface area (TPSA) is 4.44 Å². The molecule has 2 heteroatoms. The summed E-state index contributed by atoms with van der Waals surface area (Å²) in [6.45, 7) is 10.6. The quantitative estimate of drug-likeness (QED) is 0.426. The molecule has 0 aliphatic heterocycles. The van der Waals surface area contributed by atoms with Gasteiger partial charge in [0, 0.05) is 0 Å². The van der Waals surface area contributed by atoms with Crippen LogP contribution in [0.2, 0.25) is 0 Å². The second-order valence-corrected chi connectivity index (χ2v) is 1.11. The lowest BCUT2D eigenvalue weighted by Gasteiger charge is -1.94. The largest absolute Gasteiger partial charge is 1.00 e. The highest BCUT2D eigenvalue weighted by Crippen LogP contribution is 1.44. The fourth-order valence-electron chi connectivity index (χ4n) is 0.250. The van der Waals surface area contributed by atoms with Gasteiger partial charge in [-0.1, -0.05) is 0 Å². The molecule has 0 unspecified atom stereocenters. The molecule has 0 bridgehead atoms. The predicted octanol–water partition coefficient (Wildman–Crippen LogP) is -2.69. The van der Waals surface area contributed by atoms with Crippen molar-refractivity contribution in [1.82, 2.24) is 0 Å². The lowest BCUT2D eigenvalue weighted by molar-refractivity contribution is -0.727. The van der Waals surface area contributed by atoms with E-state index in [9.17, 15) is 0 Å². The fourth-order valence-corrected chi connectivity index (χ4v) is 0.250. The van der Waals surface area contributed by atoms with Gasteiger partial charge in [-0.3, -0.25) is 4.90 Å². The number of rotatable bonds is 3. The van der Waals surface area contributed by atoms with Crippen LogP contribution in [0.1, 0.15) is 0 Å². The lowest BCUT2D eigenvalue weighted by atomic mass is 10.7. The molecular formula is C6H10ClN. The molecule has 0 radical (unpaired) electrons. The molecule has 1 N–H and O–H groups in total. The van der Waals surface area contributed by atoms with Crippen LogP contribution in [-0.2, 0) is 0 Å². The van der Waals surface area contributed by atoms with Crippen molar-refractivity contribution in [1.29, 1.82) is 0 Å². The smallest absolute Gasteiger partial charge is 0.0961 e. The van der Waals surface area contributed by atoms with Gasteiger partial charge in [0.05, 0.1) is 18.6 Å². The molecule has 8 heavy (non-hydrogen) atoms. The lowest BCUT2D eigenvalue weighted by Crippen LogP contribution is -3.00. The molecule has 46 valence electrons. The maximum atomic E-state index is 3.52. The molecular weight excluding hydrogens is 122 g/mol. The number of quaternary nitrogens is 1. The van der Waals surface area contributed by atoms with Crippen molar-refractivity contribution in [3.05, 3.63) is 38.3 Å². The summed E-state index contributed by atoms with van der Waals surface area (Å²) in [6, 6.07) is 0.